The van der Waals surface area contributed by atoms with Crippen LogP contribution < -0.4 is 0 Å². The molecule has 3 heteroatoms. The van der Waals surface area contributed by atoms with E-state index in [0.29, 0.717) is 6.04 Å². The smallest absolute Gasteiger partial charge is 0.298 e. The van der Waals surface area contributed by atoms with Crippen molar-refractivity contribution in [2.45, 2.75) is 38.8 Å². The molecule has 1 fully saturated rings. The molecule has 1 aliphatic rings. The lowest BCUT2D eigenvalue weighted by molar-refractivity contribution is -0.124. The first-order valence-electron chi connectivity index (χ1n) is 7.66. The summed E-state index contributed by atoms with van der Waals surface area (Å²) in [4.78, 5) is 16.1. The predicted octanol–water partition coefficient (Wildman–Crippen LogP) is 2.52. The van der Waals surface area contributed by atoms with Gasteiger partial charge in [-0.15, -0.1) is 0 Å². The van der Waals surface area contributed by atoms with Crippen molar-refractivity contribution in [3.8, 4) is 11.8 Å². The van der Waals surface area contributed by atoms with Crippen molar-refractivity contribution in [1.82, 2.24) is 9.80 Å². The molecule has 0 bridgehead atoms. The van der Waals surface area contributed by atoms with Gasteiger partial charge >= 0.3 is 0 Å². The average Bonchev–Trinajstić information content (AvgIpc) is 2.50. The summed E-state index contributed by atoms with van der Waals surface area (Å²) in [6, 6.07) is 11.0. The lowest BCUT2D eigenvalue weighted by atomic mass is 10.0. The number of carbonyl (C=O) groups excluding carboxylic acids is 1. The van der Waals surface area contributed by atoms with Crippen molar-refractivity contribution >= 4 is 5.91 Å². The van der Waals surface area contributed by atoms with E-state index in [9.17, 15) is 4.79 Å². The van der Waals surface area contributed by atoms with Gasteiger partial charge in [0.25, 0.3) is 5.91 Å². The van der Waals surface area contributed by atoms with E-state index in [1.165, 1.54) is 18.4 Å². The summed E-state index contributed by atoms with van der Waals surface area (Å²) in [5.41, 5.74) is 1.34. The first kappa shape index (κ1) is 15.6. The number of hydrogen-bond donors (Lipinski definition) is 0. The predicted molar refractivity (Wildman–Crippen MR) is 85.6 cm³/mol. The zero-order valence-corrected chi connectivity index (χ0v) is 13.0. The van der Waals surface area contributed by atoms with Gasteiger partial charge in [0.1, 0.15) is 0 Å². The maximum atomic E-state index is 11.8. The average molecular weight is 284 g/mol. The van der Waals surface area contributed by atoms with Crippen LogP contribution >= 0.6 is 0 Å². The Labute approximate surface area is 127 Å². The Morgan fingerprint density at radius 1 is 1.33 bits per heavy atom. The SMILES string of the molecule is CC#CC(=O)N(C)C[C@H]1CCCCN1Cc1ccccc1. The van der Waals surface area contributed by atoms with Crippen LogP contribution in [0.1, 0.15) is 31.7 Å². The van der Waals surface area contributed by atoms with E-state index in [-0.39, 0.29) is 5.91 Å². The van der Waals surface area contributed by atoms with Crippen LogP contribution in [0.3, 0.4) is 0 Å². The largest absolute Gasteiger partial charge is 0.333 e. The molecular weight excluding hydrogens is 260 g/mol. The third-order valence-electron chi connectivity index (χ3n) is 4.04. The van der Waals surface area contributed by atoms with Crippen LogP contribution in [-0.2, 0) is 11.3 Å². The maximum absolute atomic E-state index is 11.8. The molecule has 2 rings (SSSR count). The Morgan fingerprint density at radius 2 is 2.10 bits per heavy atom. The molecule has 1 atom stereocenters. The van der Waals surface area contributed by atoms with E-state index < -0.39 is 0 Å². The fourth-order valence-electron chi connectivity index (χ4n) is 2.89. The molecule has 0 radical (unpaired) electrons. The number of piperidine rings is 1. The molecule has 0 saturated carbocycles. The Kier molecular flexibility index (Phi) is 5.83. The molecule has 0 aromatic heterocycles. The fourth-order valence-corrected chi connectivity index (χ4v) is 2.89. The van der Waals surface area contributed by atoms with E-state index in [4.69, 9.17) is 0 Å². The normalized spacial score (nSPS) is 18.7. The molecule has 1 heterocycles. The van der Waals surface area contributed by atoms with E-state index in [0.717, 1.165) is 26.1 Å². The van der Waals surface area contributed by atoms with Crippen LogP contribution in [-0.4, -0.2) is 41.9 Å². The minimum atomic E-state index is -0.0808. The summed E-state index contributed by atoms with van der Waals surface area (Å²) in [6.07, 6.45) is 3.65. The van der Waals surface area contributed by atoms with Crippen molar-refractivity contribution in [2.75, 3.05) is 20.1 Å². The number of hydrogen-bond acceptors (Lipinski definition) is 2. The third-order valence-corrected chi connectivity index (χ3v) is 4.04. The second-order valence-corrected chi connectivity index (χ2v) is 5.67. The molecule has 21 heavy (non-hydrogen) atoms. The minimum Gasteiger partial charge on any atom is -0.333 e. The first-order valence-corrected chi connectivity index (χ1v) is 7.66. The summed E-state index contributed by atoms with van der Waals surface area (Å²) in [5.74, 6) is 5.22. The van der Waals surface area contributed by atoms with E-state index in [1.54, 1.807) is 11.8 Å². The topological polar surface area (TPSA) is 23.6 Å². The van der Waals surface area contributed by atoms with Gasteiger partial charge in [-0.05, 0) is 37.8 Å². The summed E-state index contributed by atoms with van der Waals surface area (Å²) >= 11 is 0. The quantitative estimate of drug-likeness (QED) is 0.793. The van der Waals surface area contributed by atoms with Crippen molar-refractivity contribution < 1.29 is 4.79 Å². The van der Waals surface area contributed by atoms with Crippen LogP contribution in [0.5, 0.6) is 0 Å². The van der Waals surface area contributed by atoms with Gasteiger partial charge in [-0.1, -0.05) is 42.7 Å². The Bertz CT molecular complexity index is 515. The Balaban J connectivity index is 1.98. The summed E-state index contributed by atoms with van der Waals surface area (Å²) in [6.45, 7) is 4.54. The lowest BCUT2D eigenvalue weighted by Crippen LogP contribution is -2.46. The Morgan fingerprint density at radius 3 is 2.81 bits per heavy atom. The van der Waals surface area contributed by atoms with Gasteiger partial charge < -0.3 is 4.90 Å². The number of likely N-dealkylation sites (N-methyl/N-ethyl adjacent to an activating group) is 1. The summed E-state index contributed by atoms with van der Waals surface area (Å²) in [7, 11) is 1.85. The van der Waals surface area contributed by atoms with Gasteiger partial charge in [0.05, 0.1) is 0 Å². The van der Waals surface area contributed by atoms with Crippen LogP contribution in [0.2, 0.25) is 0 Å². The van der Waals surface area contributed by atoms with Gasteiger partial charge in [-0.3, -0.25) is 9.69 Å². The highest BCUT2D eigenvalue weighted by molar-refractivity contribution is 5.93. The zero-order valence-electron chi connectivity index (χ0n) is 13.0. The third kappa shape index (κ3) is 4.61. The van der Waals surface area contributed by atoms with E-state index >= 15 is 0 Å². The molecule has 0 spiro atoms. The molecular formula is C18H24N2O. The number of benzene rings is 1. The lowest BCUT2D eigenvalue weighted by Gasteiger charge is -2.37. The molecule has 1 aliphatic heterocycles. The van der Waals surface area contributed by atoms with E-state index in [2.05, 4.69) is 41.0 Å². The van der Waals surface area contributed by atoms with Crippen molar-refractivity contribution in [2.24, 2.45) is 0 Å². The van der Waals surface area contributed by atoms with E-state index in [1.807, 2.05) is 13.1 Å². The highest BCUT2D eigenvalue weighted by Crippen LogP contribution is 2.20. The van der Waals surface area contributed by atoms with Gasteiger partial charge in [0, 0.05) is 26.2 Å². The molecule has 1 aromatic rings. The van der Waals surface area contributed by atoms with Gasteiger partial charge in [-0.2, -0.15) is 0 Å². The number of nitrogens with zero attached hydrogens (tertiary/aromatic N) is 2. The van der Waals surface area contributed by atoms with Crippen LogP contribution in [0, 0.1) is 11.8 Å². The highest BCUT2D eigenvalue weighted by atomic mass is 16.2. The summed E-state index contributed by atoms with van der Waals surface area (Å²) in [5, 5.41) is 0. The second kappa shape index (κ2) is 7.85. The number of carbonyl (C=O) groups is 1. The van der Waals surface area contributed by atoms with Crippen LogP contribution in [0.25, 0.3) is 0 Å². The van der Waals surface area contributed by atoms with Gasteiger partial charge in [0.2, 0.25) is 0 Å². The number of likely N-dealkylation sites (tertiary alicyclic amines) is 1. The standard InChI is InChI=1S/C18H24N2O/c1-3-9-18(21)19(2)15-17-12-7-8-13-20(17)14-16-10-5-4-6-11-16/h4-6,10-11,17H,7-8,12-15H2,1-2H3/t17-/m1/s1. The second-order valence-electron chi connectivity index (χ2n) is 5.67. The molecule has 0 unspecified atom stereocenters. The Hall–Kier alpha value is -1.79. The molecule has 3 nitrogen and oxygen atoms in total. The zero-order chi connectivity index (χ0) is 15.1. The van der Waals surface area contributed by atoms with Crippen molar-refractivity contribution in [1.29, 1.82) is 0 Å². The molecule has 112 valence electrons. The minimum absolute atomic E-state index is 0.0808. The molecule has 1 aromatic carbocycles. The van der Waals surface area contributed by atoms with Gasteiger partial charge in [0.15, 0.2) is 0 Å². The highest BCUT2D eigenvalue weighted by Gasteiger charge is 2.24. The van der Waals surface area contributed by atoms with Crippen molar-refractivity contribution in [3.63, 3.8) is 0 Å². The van der Waals surface area contributed by atoms with Gasteiger partial charge in [-0.25, -0.2) is 0 Å². The fraction of sp³-hybridized carbons (Fsp3) is 0.500. The molecule has 0 aliphatic carbocycles. The van der Waals surface area contributed by atoms with Crippen LogP contribution in [0.4, 0.5) is 0 Å². The monoisotopic (exact) mass is 284 g/mol. The molecule has 0 N–H and O–H groups in total. The number of amides is 1. The molecule has 1 amide bonds. The number of rotatable bonds is 4. The summed E-state index contributed by atoms with van der Waals surface area (Å²) < 4.78 is 0. The first-order chi connectivity index (χ1) is 10.2. The van der Waals surface area contributed by atoms with Crippen LogP contribution in [0.15, 0.2) is 30.3 Å². The van der Waals surface area contributed by atoms with Crippen molar-refractivity contribution in [3.05, 3.63) is 35.9 Å². The maximum Gasteiger partial charge on any atom is 0.298 e. The molecule has 1 saturated heterocycles.